The Kier molecular flexibility index (Phi) is 3.52. The Morgan fingerprint density at radius 1 is 1.32 bits per heavy atom. The van der Waals surface area contributed by atoms with Crippen molar-refractivity contribution in [1.29, 1.82) is 0 Å². The molecule has 2 aliphatic rings. The molecule has 6 heteroatoms. The Hall–Kier alpha value is -1.46. The van der Waals surface area contributed by atoms with E-state index in [0.717, 1.165) is 18.3 Å². The first-order chi connectivity index (χ1) is 18.4. The van der Waals surface area contributed by atoms with Crippen molar-refractivity contribution in [2.75, 3.05) is 51.6 Å². The van der Waals surface area contributed by atoms with Crippen LogP contribution in [0.25, 0.3) is 0 Å². The lowest BCUT2D eigenvalue weighted by Gasteiger charge is -2.37. The molecule has 1 aromatic rings. The average molecular weight is 420 g/mol. The maximum atomic E-state index is 12.6. The molecule has 0 unspecified atom stereocenters. The molecular formula is C22H35ClN4O. The minimum atomic E-state index is -3.68. The summed E-state index contributed by atoms with van der Waals surface area (Å²) in [6.07, 6.45) is -15.0. The first-order valence-electron chi connectivity index (χ1n) is 15.7. The molecule has 0 bridgehead atoms. The summed E-state index contributed by atoms with van der Waals surface area (Å²) >= 11 is 6.45. The normalized spacial score (nSPS) is 43.2. The third kappa shape index (κ3) is 5.54. The molecule has 3 rings (SSSR count). The number of anilines is 1. The van der Waals surface area contributed by atoms with Gasteiger partial charge in [-0.15, -0.1) is 0 Å². The summed E-state index contributed by atoms with van der Waals surface area (Å²) in [6, 6.07) is 0.399. The van der Waals surface area contributed by atoms with Gasteiger partial charge in [0.15, 0.2) is 0 Å². The zero-order valence-corrected chi connectivity index (χ0v) is 16.9. The molecule has 1 heterocycles. The molecule has 0 atom stereocenters. The van der Waals surface area contributed by atoms with Crippen molar-refractivity contribution < 1.29 is 22.6 Å². The standard InChI is InChI=1S/C22H35ClN4O/c1-17-5-4-6-20(21(17)23)27-15-13-26(14-16-27)12-11-18-7-9-19(10-8-18)24-22(28)25(2)3/h4-6,18-19H,7-16H2,1-3H3,(H,24,28)/i2D3,7D2,8D2,9D2,10D2,18D,19D. The highest BCUT2D eigenvalue weighted by atomic mass is 35.5. The van der Waals surface area contributed by atoms with Gasteiger partial charge in [0.1, 0.15) is 0 Å². The maximum Gasteiger partial charge on any atom is 0.317 e. The zero-order chi connectivity index (χ0) is 31.6. The van der Waals surface area contributed by atoms with E-state index >= 15 is 0 Å². The predicted octanol–water partition coefficient (Wildman–Crippen LogP) is 3.99. The molecule has 0 aromatic heterocycles. The second kappa shape index (κ2) is 9.84. The van der Waals surface area contributed by atoms with Crippen LogP contribution in [0.2, 0.25) is 5.02 Å². The van der Waals surface area contributed by atoms with E-state index in [4.69, 9.17) is 29.4 Å². The quantitative estimate of drug-likeness (QED) is 0.784. The van der Waals surface area contributed by atoms with E-state index in [2.05, 4.69) is 4.90 Å². The van der Waals surface area contributed by atoms with Crippen molar-refractivity contribution in [3.05, 3.63) is 28.8 Å². The van der Waals surface area contributed by atoms with E-state index in [9.17, 15) is 4.79 Å². The Morgan fingerprint density at radius 2 is 2.04 bits per heavy atom. The van der Waals surface area contributed by atoms with Crippen LogP contribution in [0.4, 0.5) is 10.5 Å². The molecule has 0 spiro atoms. The lowest BCUT2D eigenvalue weighted by molar-refractivity contribution is 0.194. The van der Waals surface area contributed by atoms with Gasteiger partial charge in [0.2, 0.25) is 0 Å². The van der Waals surface area contributed by atoms with Crippen molar-refractivity contribution in [2.45, 2.75) is 44.9 Å². The van der Waals surface area contributed by atoms with E-state index in [1.807, 2.05) is 30.0 Å². The van der Waals surface area contributed by atoms with Crippen LogP contribution in [0, 0.1) is 12.8 Å². The average Bonchev–Trinajstić information content (AvgIpc) is 2.86. The van der Waals surface area contributed by atoms with Crippen LogP contribution >= 0.6 is 11.6 Å². The number of carbonyl (C=O) groups is 1. The van der Waals surface area contributed by atoms with Crippen LogP contribution in [0.1, 0.15) is 55.3 Å². The second-order valence-corrected chi connectivity index (χ2v) is 7.21. The molecular weight excluding hydrogens is 372 g/mol. The molecule has 0 radical (unpaired) electrons. The third-order valence-electron chi connectivity index (χ3n) is 4.78. The number of nitrogens with zero attached hydrogens (tertiary/aromatic N) is 3. The predicted molar refractivity (Wildman–Crippen MR) is 117 cm³/mol. The number of piperazine rings is 1. The highest BCUT2D eigenvalue weighted by molar-refractivity contribution is 6.34. The summed E-state index contributed by atoms with van der Waals surface area (Å²) in [7, 11) is 0.796. The topological polar surface area (TPSA) is 38.8 Å². The third-order valence-corrected chi connectivity index (χ3v) is 5.27. The fraction of sp³-hybridized carbons (Fsp3) is 0.682. The van der Waals surface area contributed by atoms with Crippen LogP contribution < -0.4 is 10.2 Å². The highest BCUT2D eigenvalue weighted by Crippen LogP contribution is 2.30. The van der Waals surface area contributed by atoms with Gasteiger partial charge in [-0.3, -0.25) is 4.90 Å². The molecule has 28 heavy (non-hydrogen) atoms. The van der Waals surface area contributed by atoms with Crippen molar-refractivity contribution >= 4 is 23.3 Å². The van der Waals surface area contributed by atoms with Crippen LogP contribution in [-0.2, 0) is 0 Å². The molecule has 1 saturated heterocycles. The van der Waals surface area contributed by atoms with Crippen LogP contribution in [0.15, 0.2) is 18.2 Å². The molecule has 156 valence electrons. The summed E-state index contributed by atoms with van der Waals surface area (Å²) in [5.41, 5.74) is 1.77. The molecule has 1 saturated carbocycles. The Labute approximate surface area is 193 Å². The first-order valence-corrected chi connectivity index (χ1v) is 9.57. The van der Waals surface area contributed by atoms with E-state index < -0.39 is 56.8 Å². The van der Waals surface area contributed by atoms with Crippen molar-refractivity contribution in [3.63, 3.8) is 0 Å². The lowest BCUT2D eigenvalue weighted by Crippen LogP contribution is -2.47. The minimum absolute atomic E-state index is 0.0663. The summed E-state index contributed by atoms with van der Waals surface area (Å²) < 4.78 is 108. The second-order valence-electron chi connectivity index (χ2n) is 6.83. The van der Waals surface area contributed by atoms with Crippen LogP contribution in [0.5, 0.6) is 0 Å². The largest absolute Gasteiger partial charge is 0.368 e. The molecule has 1 aliphatic carbocycles. The number of rotatable bonds is 5. The molecule has 1 aliphatic heterocycles. The van der Waals surface area contributed by atoms with Gasteiger partial charge in [0, 0.05) is 62.7 Å². The molecule has 1 N–H and O–H groups in total. The molecule has 2 fully saturated rings. The fourth-order valence-corrected chi connectivity index (χ4v) is 3.32. The number of amides is 2. The van der Waals surface area contributed by atoms with Crippen LogP contribution in [0.3, 0.4) is 0 Å². The number of hydrogen-bond acceptors (Lipinski definition) is 3. The van der Waals surface area contributed by atoms with Gasteiger partial charge in [0.25, 0.3) is 0 Å². The lowest BCUT2D eigenvalue weighted by atomic mass is 9.84. The van der Waals surface area contributed by atoms with Gasteiger partial charge < -0.3 is 15.1 Å². The fourth-order valence-electron chi connectivity index (χ4n) is 3.08. The Bertz CT molecular complexity index is 1130. The number of benzene rings is 1. The summed E-state index contributed by atoms with van der Waals surface area (Å²) in [5, 5.41) is 2.24. The number of urea groups is 1. The van der Waals surface area contributed by atoms with Gasteiger partial charge >= 0.3 is 6.03 Å². The van der Waals surface area contributed by atoms with Crippen molar-refractivity contribution in [2.24, 2.45) is 5.89 Å². The summed E-state index contributed by atoms with van der Waals surface area (Å²) in [5.74, 6) is -3.05. The minimum Gasteiger partial charge on any atom is -0.368 e. The molecule has 1 aromatic carbocycles. The number of aryl methyl sites for hydroxylation is 1. The molecule has 5 nitrogen and oxygen atoms in total. The monoisotopic (exact) mass is 419 g/mol. The number of nitrogens with one attached hydrogen (secondary N) is 1. The number of halogens is 1. The van der Waals surface area contributed by atoms with E-state index in [0.29, 0.717) is 31.2 Å². The van der Waals surface area contributed by atoms with Gasteiger partial charge in [-0.05, 0) is 62.9 Å². The zero-order valence-electron chi connectivity index (χ0n) is 29.1. The Balaban J connectivity index is 1.87. The summed E-state index contributed by atoms with van der Waals surface area (Å²) in [4.78, 5) is 16.6. The van der Waals surface area contributed by atoms with Gasteiger partial charge in [-0.1, -0.05) is 23.7 Å². The van der Waals surface area contributed by atoms with Crippen LogP contribution in [-0.4, -0.2) is 68.6 Å². The van der Waals surface area contributed by atoms with E-state index in [1.54, 1.807) is 5.32 Å². The number of carbonyl (C=O) groups excluding carboxylic acids is 1. The summed E-state index contributed by atoms with van der Waals surface area (Å²) in [6.45, 7) is 0.687. The van der Waals surface area contributed by atoms with Gasteiger partial charge in [-0.25, -0.2) is 4.79 Å². The highest BCUT2D eigenvalue weighted by Gasteiger charge is 2.24. The van der Waals surface area contributed by atoms with Gasteiger partial charge in [-0.2, -0.15) is 0 Å². The first kappa shape index (κ1) is 10.0. The van der Waals surface area contributed by atoms with Crippen molar-refractivity contribution in [3.8, 4) is 0 Å². The van der Waals surface area contributed by atoms with E-state index in [-0.39, 0.29) is 11.4 Å². The van der Waals surface area contributed by atoms with Gasteiger partial charge in [0.05, 0.1) is 12.1 Å². The smallest absolute Gasteiger partial charge is 0.317 e. The Morgan fingerprint density at radius 3 is 2.71 bits per heavy atom. The number of hydrogen-bond donors (Lipinski definition) is 1. The molecule has 2 amide bonds. The van der Waals surface area contributed by atoms with Crippen molar-refractivity contribution in [1.82, 2.24) is 15.1 Å². The van der Waals surface area contributed by atoms with E-state index in [1.165, 1.54) is 0 Å². The SMILES string of the molecule is [2H]C([2H])([2H])N(C)C(=O)NC1([2H])C([2H])([2H])C([2H])([2H])C([2H])(CCN2CCN(c3cccc(C)c3Cl)CC2)C([2H])([2H])C1([2H])[2H]. The maximum absolute atomic E-state index is 12.6.